The van der Waals surface area contributed by atoms with Gasteiger partial charge in [-0.25, -0.2) is 0 Å². The summed E-state index contributed by atoms with van der Waals surface area (Å²) in [7, 11) is 0. The quantitative estimate of drug-likeness (QED) is 0.617. The van der Waals surface area contributed by atoms with Crippen LogP contribution in [0.2, 0.25) is 0 Å². The lowest BCUT2D eigenvalue weighted by atomic mass is 10.1. The Kier molecular flexibility index (Phi) is 5.62. The first kappa shape index (κ1) is 15.3. The summed E-state index contributed by atoms with van der Waals surface area (Å²) in [6.07, 6.45) is 0. The SMILES string of the molecule is CCSCC(C)NC(=O)c1cccc([N+](=O)[O-])c1O. The molecule has 0 bridgehead atoms. The maximum absolute atomic E-state index is 11.9. The second kappa shape index (κ2) is 6.98. The smallest absolute Gasteiger partial charge is 0.311 e. The summed E-state index contributed by atoms with van der Waals surface area (Å²) in [4.78, 5) is 21.9. The normalized spacial score (nSPS) is 11.9. The van der Waals surface area contributed by atoms with Crippen molar-refractivity contribution in [1.82, 2.24) is 5.32 Å². The number of nitrogens with zero attached hydrogens (tertiary/aromatic N) is 1. The van der Waals surface area contributed by atoms with Gasteiger partial charge in [0.15, 0.2) is 0 Å². The number of thioether (sulfide) groups is 1. The van der Waals surface area contributed by atoms with Crippen LogP contribution in [0, 0.1) is 10.1 Å². The highest BCUT2D eigenvalue weighted by Crippen LogP contribution is 2.29. The van der Waals surface area contributed by atoms with E-state index in [2.05, 4.69) is 5.32 Å². The van der Waals surface area contributed by atoms with Gasteiger partial charge in [-0.3, -0.25) is 14.9 Å². The van der Waals surface area contributed by atoms with Gasteiger partial charge < -0.3 is 10.4 Å². The lowest BCUT2D eigenvalue weighted by molar-refractivity contribution is -0.385. The Morgan fingerprint density at radius 2 is 2.26 bits per heavy atom. The predicted octanol–water partition coefficient (Wildman–Crippen LogP) is 2.17. The molecule has 1 unspecified atom stereocenters. The molecule has 1 aromatic carbocycles. The first-order valence-corrected chi connectivity index (χ1v) is 6.97. The molecule has 2 N–H and O–H groups in total. The van der Waals surface area contributed by atoms with Crippen molar-refractivity contribution in [3.05, 3.63) is 33.9 Å². The van der Waals surface area contributed by atoms with Crippen molar-refractivity contribution in [1.29, 1.82) is 0 Å². The Hall–Kier alpha value is -1.76. The molecule has 6 nitrogen and oxygen atoms in total. The fraction of sp³-hybridized carbons (Fsp3) is 0.417. The van der Waals surface area contributed by atoms with Crippen LogP contribution in [0.5, 0.6) is 5.75 Å². The first-order chi connectivity index (χ1) is 8.97. The zero-order valence-electron chi connectivity index (χ0n) is 10.8. The second-order valence-corrected chi connectivity index (χ2v) is 5.28. The van der Waals surface area contributed by atoms with Gasteiger partial charge in [0.2, 0.25) is 5.75 Å². The minimum Gasteiger partial charge on any atom is -0.502 e. The molecule has 1 aromatic rings. The molecule has 0 aliphatic rings. The third-order valence-electron chi connectivity index (χ3n) is 2.41. The third-order valence-corrected chi connectivity index (χ3v) is 3.55. The number of nitro benzene ring substituents is 1. The molecule has 0 saturated heterocycles. The number of phenols is 1. The molecular formula is C12H16N2O4S. The minimum atomic E-state index is -0.720. The van der Waals surface area contributed by atoms with Gasteiger partial charge in [0.25, 0.3) is 5.91 Å². The highest BCUT2D eigenvalue weighted by molar-refractivity contribution is 7.99. The van der Waals surface area contributed by atoms with Gasteiger partial charge in [-0.05, 0) is 18.7 Å². The summed E-state index contributed by atoms with van der Waals surface area (Å²) in [6, 6.07) is 3.81. The van der Waals surface area contributed by atoms with Crippen molar-refractivity contribution in [2.45, 2.75) is 19.9 Å². The Bertz CT molecular complexity index is 479. The molecular weight excluding hydrogens is 268 g/mol. The maximum Gasteiger partial charge on any atom is 0.311 e. The van der Waals surface area contributed by atoms with Crippen LogP contribution in [-0.4, -0.2) is 33.5 Å². The van der Waals surface area contributed by atoms with E-state index in [9.17, 15) is 20.0 Å². The molecule has 0 aliphatic heterocycles. The number of carbonyl (C=O) groups is 1. The topological polar surface area (TPSA) is 92.5 Å². The maximum atomic E-state index is 11.9. The van der Waals surface area contributed by atoms with E-state index in [1.54, 1.807) is 11.8 Å². The summed E-state index contributed by atoms with van der Waals surface area (Å²) in [5, 5.41) is 23.1. The summed E-state index contributed by atoms with van der Waals surface area (Å²) < 4.78 is 0. The molecule has 0 aliphatic carbocycles. The number of hydrogen-bond donors (Lipinski definition) is 2. The van der Waals surface area contributed by atoms with Gasteiger partial charge in [-0.2, -0.15) is 11.8 Å². The van der Waals surface area contributed by atoms with Crippen molar-refractivity contribution in [2.75, 3.05) is 11.5 Å². The number of nitro groups is 1. The van der Waals surface area contributed by atoms with E-state index in [1.807, 2.05) is 13.8 Å². The highest BCUT2D eigenvalue weighted by atomic mass is 32.2. The molecule has 0 aromatic heterocycles. The number of aromatic hydroxyl groups is 1. The van der Waals surface area contributed by atoms with Gasteiger partial charge in [0.1, 0.15) is 0 Å². The average Bonchev–Trinajstić information content (AvgIpc) is 2.36. The van der Waals surface area contributed by atoms with E-state index in [0.717, 1.165) is 17.6 Å². The van der Waals surface area contributed by atoms with E-state index in [0.29, 0.717) is 0 Å². The Morgan fingerprint density at radius 1 is 1.58 bits per heavy atom. The number of nitrogens with one attached hydrogen (secondary N) is 1. The molecule has 1 atom stereocenters. The van der Waals surface area contributed by atoms with Crippen LogP contribution >= 0.6 is 11.8 Å². The standard InChI is InChI=1S/C12H16N2O4S/c1-3-19-7-8(2)13-12(16)9-5-4-6-10(11(9)15)14(17)18/h4-6,8,15H,3,7H2,1-2H3,(H,13,16). The van der Waals surface area contributed by atoms with E-state index in [-0.39, 0.29) is 11.6 Å². The van der Waals surface area contributed by atoms with E-state index >= 15 is 0 Å². The lowest BCUT2D eigenvalue weighted by Crippen LogP contribution is -2.34. The highest BCUT2D eigenvalue weighted by Gasteiger charge is 2.21. The zero-order chi connectivity index (χ0) is 14.4. The van der Waals surface area contributed by atoms with Crippen LogP contribution in [0.25, 0.3) is 0 Å². The number of hydrogen-bond acceptors (Lipinski definition) is 5. The Balaban J connectivity index is 2.83. The molecule has 0 spiro atoms. The van der Waals surface area contributed by atoms with Gasteiger partial charge in [0.05, 0.1) is 10.5 Å². The summed E-state index contributed by atoms with van der Waals surface area (Å²) in [6.45, 7) is 3.86. The van der Waals surface area contributed by atoms with Crippen molar-refractivity contribution in [3.63, 3.8) is 0 Å². The zero-order valence-corrected chi connectivity index (χ0v) is 11.6. The summed E-state index contributed by atoms with van der Waals surface area (Å²) in [5.74, 6) is 0.589. The molecule has 19 heavy (non-hydrogen) atoms. The van der Waals surface area contributed by atoms with Crippen LogP contribution in [0.1, 0.15) is 24.2 Å². The molecule has 0 fully saturated rings. The van der Waals surface area contributed by atoms with Gasteiger partial charge >= 0.3 is 5.69 Å². The first-order valence-electron chi connectivity index (χ1n) is 5.82. The summed E-state index contributed by atoms with van der Waals surface area (Å²) in [5.41, 5.74) is -0.550. The fourth-order valence-corrected chi connectivity index (χ4v) is 2.17. The van der Waals surface area contributed by atoms with Crippen LogP contribution in [-0.2, 0) is 0 Å². The van der Waals surface area contributed by atoms with Gasteiger partial charge in [-0.15, -0.1) is 0 Å². The van der Waals surface area contributed by atoms with Crippen molar-refractivity contribution < 1.29 is 14.8 Å². The van der Waals surface area contributed by atoms with Crippen LogP contribution in [0.4, 0.5) is 5.69 Å². The largest absolute Gasteiger partial charge is 0.502 e. The van der Waals surface area contributed by atoms with Gasteiger partial charge in [0, 0.05) is 17.9 Å². The van der Waals surface area contributed by atoms with E-state index < -0.39 is 22.3 Å². The van der Waals surface area contributed by atoms with Gasteiger partial charge in [-0.1, -0.05) is 13.0 Å². The average molecular weight is 284 g/mol. The summed E-state index contributed by atoms with van der Waals surface area (Å²) >= 11 is 1.68. The molecule has 0 saturated carbocycles. The van der Waals surface area contributed by atoms with Crippen LogP contribution in [0.15, 0.2) is 18.2 Å². The Morgan fingerprint density at radius 3 is 2.84 bits per heavy atom. The van der Waals surface area contributed by atoms with Crippen molar-refractivity contribution in [2.24, 2.45) is 0 Å². The third kappa shape index (κ3) is 4.13. The molecule has 0 heterocycles. The number of phenolic OH excluding ortho intramolecular Hbond substituents is 1. The number of carbonyl (C=O) groups excluding carboxylic acids is 1. The molecule has 104 valence electrons. The van der Waals surface area contributed by atoms with Crippen molar-refractivity contribution >= 4 is 23.4 Å². The molecule has 1 rings (SSSR count). The lowest BCUT2D eigenvalue weighted by Gasteiger charge is -2.13. The minimum absolute atomic E-state index is 0.0730. The number of amides is 1. The van der Waals surface area contributed by atoms with E-state index in [1.165, 1.54) is 12.1 Å². The number of para-hydroxylation sites is 1. The van der Waals surface area contributed by atoms with Crippen LogP contribution in [0.3, 0.4) is 0 Å². The molecule has 1 amide bonds. The Labute approximate surface area is 115 Å². The van der Waals surface area contributed by atoms with E-state index in [4.69, 9.17) is 0 Å². The van der Waals surface area contributed by atoms with Crippen LogP contribution < -0.4 is 5.32 Å². The monoisotopic (exact) mass is 284 g/mol. The number of benzene rings is 1. The van der Waals surface area contributed by atoms with Crippen molar-refractivity contribution in [3.8, 4) is 5.75 Å². The fourth-order valence-electron chi connectivity index (χ4n) is 1.50. The molecule has 7 heteroatoms. The molecule has 0 radical (unpaired) electrons. The number of rotatable bonds is 6. The second-order valence-electron chi connectivity index (χ2n) is 3.96. The predicted molar refractivity (Wildman–Crippen MR) is 74.7 cm³/mol.